The van der Waals surface area contributed by atoms with Crippen LogP contribution in [0.25, 0.3) is 0 Å². The summed E-state index contributed by atoms with van der Waals surface area (Å²) in [4.78, 5) is 11.5. The van der Waals surface area contributed by atoms with E-state index >= 15 is 0 Å². The Bertz CT molecular complexity index is 404. The number of hydrogen-bond acceptors (Lipinski definition) is 3. The van der Waals surface area contributed by atoms with Crippen molar-refractivity contribution in [2.75, 3.05) is 0 Å². The third kappa shape index (κ3) is 1.90. The monoisotopic (exact) mass is 249 g/mol. The molecule has 2 atom stereocenters. The molecule has 0 spiro atoms. The van der Waals surface area contributed by atoms with Crippen molar-refractivity contribution in [3.8, 4) is 0 Å². The Balaban J connectivity index is 2.19. The molecule has 0 aromatic heterocycles. The summed E-state index contributed by atoms with van der Waals surface area (Å²) >= 11 is 0. The number of β-lactam (4-membered cyclic amide) rings is 1. The molecule has 1 aliphatic carbocycles. The molecule has 1 aliphatic heterocycles. The quantitative estimate of drug-likeness (QED) is 0.401. The van der Waals surface area contributed by atoms with Gasteiger partial charge in [-0.2, -0.15) is 8.42 Å². The number of fused-ring (bicyclic) bond motifs is 1. The van der Waals surface area contributed by atoms with Crippen LogP contribution in [-0.4, -0.2) is 24.7 Å². The Morgan fingerprint density at radius 3 is 2.47 bits per heavy atom. The van der Waals surface area contributed by atoms with Crippen LogP contribution in [-0.2, 0) is 14.0 Å². The Morgan fingerprint density at radius 1 is 1.27 bits per heavy atom. The Kier molecular flexibility index (Phi) is 2.77. The van der Waals surface area contributed by atoms with Gasteiger partial charge in [0.25, 0.3) is 0 Å². The molecule has 1 amide bonds. The maximum absolute atomic E-state index is 11.5. The third-order valence-corrected chi connectivity index (χ3v) is 4.34. The van der Waals surface area contributed by atoms with Gasteiger partial charge >= 0.3 is 9.24 Å². The number of nitrogens with zero attached hydrogens (tertiary/aromatic N) is 1. The first-order chi connectivity index (χ1) is 7.02. The van der Waals surface area contributed by atoms with Gasteiger partial charge in [0.1, 0.15) is 0 Å². The van der Waals surface area contributed by atoms with Crippen molar-refractivity contribution in [3.05, 3.63) is 12.2 Å². The standard InChI is InChI=1S/C9H12ClNO3S/c10-15(13,14)11-8-6-4-2-1-3-5-7(8)9(11)12/h1-2,7-8H,3-6H2/b2-1-/t7-,8+/m1/s1. The largest absolute Gasteiger partial charge is 0.324 e. The predicted octanol–water partition coefficient (Wildman–Crippen LogP) is 1.43. The second-order valence-corrected chi connectivity index (χ2v) is 6.26. The van der Waals surface area contributed by atoms with Crippen LogP contribution >= 0.6 is 10.7 Å². The predicted molar refractivity (Wildman–Crippen MR) is 56.5 cm³/mol. The minimum Gasteiger partial charge on any atom is -0.273 e. The third-order valence-electron chi connectivity index (χ3n) is 2.98. The van der Waals surface area contributed by atoms with E-state index < -0.39 is 9.24 Å². The molecule has 0 unspecified atom stereocenters. The average Bonchev–Trinajstić information content (AvgIpc) is 2.07. The lowest BCUT2D eigenvalue weighted by molar-refractivity contribution is -0.146. The van der Waals surface area contributed by atoms with Gasteiger partial charge in [-0.3, -0.25) is 4.79 Å². The zero-order chi connectivity index (χ0) is 11.1. The van der Waals surface area contributed by atoms with Crippen LogP contribution in [0.1, 0.15) is 25.7 Å². The van der Waals surface area contributed by atoms with E-state index in [0.29, 0.717) is 6.42 Å². The molecule has 2 aliphatic rings. The number of allylic oxidation sites excluding steroid dienone is 2. The van der Waals surface area contributed by atoms with Gasteiger partial charge in [0.05, 0.1) is 12.0 Å². The normalized spacial score (nSPS) is 33.7. The van der Waals surface area contributed by atoms with E-state index in [9.17, 15) is 13.2 Å². The van der Waals surface area contributed by atoms with Gasteiger partial charge in [-0.25, -0.2) is 4.31 Å². The summed E-state index contributed by atoms with van der Waals surface area (Å²) in [6, 6.07) is -0.218. The highest BCUT2D eigenvalue weighted by Gasteiger charge is 2.51. The summed E-state index contributed by atoms with van der Waals surface area (Å²) in [5.74, 6) is -0.492. The second-order valence-electron chi connectivity index (χ2n) is 3.88. The summed E-state index contributed by atoms with van der Waals surface area (Å²) in [6.07, 6.45) is 7.11. The molecular formula is C9H12ClNO3S. The van der Waals surface area contributed by atoms with Gasteiger partial charge in [0.15, 0.2) is 0 Å². The maximum atomic E-state index is 11.5. The summed E-state index contributed by atoms with van der Waals surface area (Å²) < 4.78 is 23.1. The van der Waals surface area contributed by atoms with Crippen molar-refractivity contribution in [3.63, 3.8) is 0 Å². The number of halogens is 1. The number of rotatable bonds is 1. The fourth-order valence-electron chi connectivity index (χ4n) is 2.25. The zero-order valence-corrected chi connectivity index (χ0v) is 9.67. The van der Waals surface area contributed by atoms with E-state index in [2.05, 4.69) is 0 Å². The molecule has 1 fully saturated rings. The lowest BCUT2D eigenvalue weighted by Crippen LogP contribution is -2.61. The topological polar surface area (TPSA) is 54.5 Å². The van der Waals surface area contributed by atoms with Crippen molar-refractivity contribution in [1.82, 2.24) is 4.31 Å². The summed E-state index contributed by atoms with van der Waals surface area (Å²) in [5.41, 5.74) is 0. The van der Waals surface area contributed by atoms with Crippen LogP contribution < -0.4 is 0 Å². The van der Waals surface area contributed by atoms with E-state index in [1.165, 1.54) is 0 Å². The molecule has 15 heavy (non-hydrogen) atoms. The fourth-order valence-corrected chi connectivity index (χ4v) is 3.69. The lowest BCUT2D eigenvalue weighted by atomic mass is 9.82. The first kappa shape index (κ1) is 11.0. The Hall–Kier alpha value is -0.550. The lowest BCUT2D eigenvalue weighted by Gasteiger charge is -2.45. The minimum absolute atomic E-state index is 0.150. The van der Waals surface area contributed by atoms with Crippen molar-refractivity contribution >= 4 is 25.8 Å². The molecule has 0 aromatic rings. The SMILES string of the molecule is O=C1[C@@H]2CC/C=C\CC[C@@H]2N1S(=O)(=O)Cl. The van der Waals surface area contributed by atoms with E-state index in [4.69, 9.17) is 10.7 Å². The van der Waals surface area contributed by atoms with Crippen molar-refractivity contribution in [2.24, 2.45) is 5.92 Å². The summed E-state index contributed by atoms with van der Waals surface area (Å²) in [6.45, 7) is 0. The molecule has 0 bridgehead atoms. The van der Waals surface area contributed by atoms with E-state index in [-0.39, 0.29) is 17.9 Å². The second kappa shape index (κ2) is 3.79. The highest BCUT2D eigenvalue weighted by atomic mass is 35.7. The van der Waals surface area contributed by atoms with E-state index in [0.717, 1.165) is 23.6 Å². The highest BCUT2D eigenvalue weighted by molar-refractivity contribution is 8.12. The highest BCUT2D eigenvalue weighted by Crippen LogP contribution is 2.38. The average molecular weight is 250 g/mol. The summed E-state index contributed by atoms with van der Waals surface area (Å²) in [5, 5.41) is 0. The summed E-state index contributed by atoms with van der Waals surface area (Å²) in [7, 11) is 1.32. The van der Waals surface area contributed by atoms with Crippen LogP contribution in [0.4, 0.5) is 0 Å². The molecule has 0 radical (unpaired) electrons. The first-order valence-electron chi connectivity index (χ1n) is 4.94. The number of carbonyl (C=O) groups is 1. The molecule has 0 N–H and O–H groups in total. The first-order valence-corrected chi connectivity index (χ1v) is 7.21. The van der Waals surface area contributed by atoms with E-state index in [1.54, 1.807) is 0 Å². The van der Waals surface area contributed by atoms with Gasteiger partial charge in [0.2, 0.25) is 5.91 Å². The van der Waals surface area contributed by atoms with Crippen molar-refractivity contribution < 1.29 is 13.2 Å². The van der Waals surface area contributed by atoms with Gasteiger partial charge in [0, 0.05) is 10.7 Å². The molecule has 0 aromatic carbocycles. The van der Waals surface area contributed by atoms with Crippen molar-refractivity contribution in [2.45, 2.75) is 31.7 Å². The van der Waals surface area contributed by atoms with Crippen LogP contribution in [0.3, 0.4) is 0 Å². The Labute approximate surface area is 93.4 Å². The van der Waals surface area contributed by atoms with Crippen LogP contribution in [0.2, 0.25) is 0 Å². The molecule has 84 valence electrons. The number of hydrogen-bond donors (Lipinski definition) is 0. The zero-order valence-electron chi connectivity index (χ0n) is 8.10. The smallest absolute Gasteiger partial charge is 0.273 e. The minimum atomic E-state index is -3.88. The maximum Gasteiger partial charge on any atom is 0.324 e. The molecule has 4 nitrogen and oxygen atoms in total. The van der Waals surface area contributed by atoms with Crippen LogP contribution in [0.5, 0.6) is 0 Å². The molecule has 6 heteroatoms. The molecule has 0 saturated carbocycles. The molecular weight excluding hydrogens is 238 g/mol. The molecule has 1 heterocycles. The fraction of sp³-hybridized carbons (Fsp3) is 0.667. The van der Waals surface area contributed by atoms with Crippen LogP contribution in [0, 0.1) is 5.92 Å². The van der Waals surface area contributed by atoms with Gasteiger partial charge in [-0.1, -0.05) is 12.2 Å². The number of amides is 1. The number of carbonyl (C=O) groups excluding carboxylic acids is 1. The van der Waals surface area contributed by atoms with Gasteiger partial charge in [-0.15, -0.1) is 0 Å². The van der Waals surface area contributed by atoms with Gasteiger partial charge < -0.3 is 0 Å². The molecule has 2 rings (SSSR count). The van der Waals surface area contributed by atoms with Crippen molar-refractivity contribution in [1.29, 1.82) is 0 Å². The van der Waals surface area contributed by atoms with Gasteiger partial charge in [-0.05, 0) is 25.7 Å². The Morgan fingerprint density at radius 2 is 1.87 bits per heavy atom. The van der Waals surface area contributed by atoms with E-state index in [1.807, 2.05) is 12.2 Å². The van der Waals surface area contributed by atoms with Crippen LogP contribution in [0.15, 0.2) is 12.2 Å². The molecule has 1 saturated heterocycles.